The number of hydrogen-bond acceptors (Lipinski definition) is 2. The standard InChI is InChI=1S/C18H38O.H3N/c1-5-9-13-17(14-10-6-2)19-18(15-11-7-3)16-12-8-4;/h17-18H,5-16H2,1-4H3;1H3. The summed E-state index contributed by atoms with van der Waals surface area (Å²) in [4.78, 5) is 0. The molecular weight excluding hydrogens is 246 g/mol. The van der Waals surface area contributed by atoms with E-state index >= 15 is 0 Å². The van der Waals surface area contributed by atoms with E-state index in [9.17, 15) is 0 Å². The van der Waals surface area contributed by atoms with Crippen LogP contribution in [0.5, 0.6) is 0 Å². The maximum absolute atomic E-state index is 6.46. The molecule has 0 rings (SSSR count). The lowest BCUT2D eigenvalue weighted by molar-refractivity contribution is -0.0317. The molecule has 0 bridgehead atoms. The predicted molar refractivity (Wildman–Crippen MR) is 91.8 cm³/mol. The smallest absolute Gasteiger partial charge is 0.0578 e. The summed E-state index contributed by atoms with van der Waals surface area (Å²) in [6, 6.07) is 0. The van der Waals surface area contributed by atoms with Gasteiger partial charge in [-0.1, -0.05) is 79.1 Å². The molecule has 20 heavy (non-hydrogen) atoms. The van der Waals surface area contributed by atoms with Gasteiger partial charge in [0, 0.05) is 0 Å². The van der Waals surface area contributed by atoms with Crippen molar-refractivity contribution in [2.75, 3.05) is 0 Å². The largest absolute Gasteiger partial charge is 0.375 e. The first-order valence-electron chi connectivity index (χ1n) is 8.93. The van der Waals surface area contributed by atoms with Crippen molar-refractivity contribution in [1.82, 2.24) is 6.15 Å². The predicted octanol–water partition coefficient (Wildman–Crippen LogP) is 6.66. The van der Waals surface area contributed by atoms with Crippen molar-refractivity contribution < 1.29 is 4.74 Å². The third-order valence-corrected chi connectivity index (χ3v) is 3.90. The molecule has 0 aromatic carbocycles. The van der Waals surface area contributed by atoms with Crippen molar-refractivity contribution in [3.63, 3.8) is 0 Å². The Balaban J connectivity index is 0. The second-order valence-electron chi connectivity index (χ2n) is 5.95. The summed E-state index contributed by atoms with van der Waals surface area (Å²) < 4.78 is 6.46. The molecule has 0 aliphatic rings. The van der Waals surface area contributed by atoms with Gasteiger partial charge in [0.25, 0.3) is 0 Å². The quantitative estimate of drug-likeness (QED) is 0.388. The Kier molecular flexibility index (Phi) is 18.8. The number of unbranched alkanes of at least 4 members (excludes halogenated alkanes) is 4. The molecule has 0 radical (unpaired) electrons. The van der Waals surface area contributed by atoms with Gasteiger partial charge in [0.15, 0.2) is 0 Å². The molecule has 0 unspecified atom stereocenters. The van der Waals surface area contributed by atoms with Crippen molar-refractivity contribution in [1.29, 1.82) is 0 Å². The fourth-order valence-corrected chi connectivity index (χ4v) is 2.56. The Morgan fingerprint density at radius 1 is 0.550 bits per heavy atom. The molecule has 124 valence electrons. The molecule has 0 aliphatic carbocycles. The fraction of sp³-hybridized carbons (Fsp3) is 1.00. The lowest BCUT2D eigenvalue weighted by atomic mass is 10.0. The van der Waals surface area contributed by atoms with Crippen LogP contribution < -0.4 is 6.15 Å². The first kappa shape index (κ1) is 22.2. The molecule has 3 N–H and O–H groups in total. The maximum Gasteiger partial charge on any atom is 0.0578 e. The van der Waals surface area contributed by atoms with Crippen LogP contribution in [0.15, 0.2) is 0 Å². The van der Waals surface area contributed by atoms with Gasteiger partial charge in [-0.3, -0.25) is 0 Å². The van der Waals surface area contributed by atoms with Gasteiger partial charge >= 0.3 is 0 Å². The van der Waals surface area contributed by atoms with E-state index in [0.717, 1.165) is 0 Å². The average molecular weight is 288 g/mol. The molecule has 0 aromatic heterocycles. The van der Waals surface area contributed by atoms with Crippen molar-refractivity contribution in [2.45, 2.75) is 117 Å². The maximum atomic E-state index is 6.46. The molecule has 2 heteroatoms. The van der Waals surface area contributed by atoms with E-state index in [0.29, 0.717) is 12.2 Å². The van der Waals surface area contributed by atoms with E-state index in [1.807, 2.05) is 0 Å². The number of rotatable bonds is 14. The number of ether oxygens (including phenoxy) is 1. The Morgan fingerprint density at radius 3 is 1.00 bits per heavy atom. The lowest BCUT2D eigenvalue weighted by Crippen LogP contribution is -2.22. The Bertz CT molecular complexity index is 139. The number of hydrogen-bond donors (Lipinski definition) is 1. The third kappa shape index (κ3) is 12.9. The Hall–Kier alpha value is -0.0800. The van der Waals surface area contributed by atoms with E-state index in [-0.39, 0.29) is 6.15 Å². The SMILES string of the molecule is CCCCC(CCCC)OC(CCCC)CCCC.N. The summed E-state index contributed by atoms with van der Waals surface area (Å²) in [5.41, 5.74) is 0. The second kappa shape index (κ2) is 17.0. The third-order valence-electron chi connectivity index (χ3n) is 3.90. The van der Waals surface area contributed by atoms with Crippen molar-refractivity contribution >= 4 is 0 Å². The van der Waals surface area contributed by atoms with Gasteiger partial charge in [0.2, 0.25) is 0 Å². The van der Waals surface area contributed by atoms with E-state index in [1.54, 1.807) is 0 Å². The molecule has 0 spiro atoms. The summed E-state index contributed by atoms with van der Waals surface area (Å²) in [5, 5.41) is 0. The van der Waals surface area contributed by atoms with Gasteiger partial charge in [-0.15, -0.1) is 0 Å². The normalized spacial score (nSPS) is 11.1. The first-order chi connectivity index (χ1) is 9.28. The van der Waals surface area contributed by atoms with E-state index in [4.69, 9.17) is 4.74 Å². The highest BCUT2D eigenvalue weighted by Crippen LogP contribution is 2.20. The Morgan fingerprint density at radius 2 is 0.800 bits per heavy atom. The van der Waals surface area contributed by atoms with Gasteiger partial charge in [-0.2, -0.15) is 0 Å². The van der Waals surface area contributed by atoms with Gasteiger partial charge in [0.05, 0.1) is 12.2 Å². The van der Waals surface area contributed by atoms with Gasteiger partial charge < -0.3 is 10.9 Å². The topological polar surface area (TPSA) is 44.2 Å². The molecule has 0 aromatic rings. The van der Waals surface area contributed by atoms with Crippen molar-refractivity contribution in [2.24, 2.45) is 0 Å². The summed E-state index contributed by atoms with van der Waals surface area (Å²) in [5.74, 6) is 0. The zero-order chi connectivity index (χ0) is 14.3. The highest BCUT2D eigenvalue weighted by Gasteiger charge is 2.15. The minimum absolute atomic E-state index is 0. The molecular formula is C18H41NO. The molecule has 0 atom stereocenters. The summed E-state index contributed by atoms with van der Waals surface area (Å²) in [7, 11) is 0. The van der Waals surface area contributed by atoms with Crippen LogP contribution >= 0.6 is 0 Å². The molecule has 0 amide bonds. The van der Waals surface area contributed by atoms with Gasteiger partial charge in [-0.25, -0.2) is 0 Å². The average Bonchev–Trinajstić information content (AvgIpc) is 2.44. The van der Waals surface area contributed by atoms with Crippen molar-refractivity contribution in [3.05, 3.63) is 0 Å². The van der Waals surface area contributed by atoms with E-state index in [2.05, 4.69) is 27.7 Å². The zero-order valence-corrected chi connectivity index (χ0v) is 14.8. The fourth-order valence-electron chi connectivity index (χ4n) is 2.56. The lowest BCUT2D eigenvalue weighted by Gasteiger charge is -2.25. The molecule has 0 saturated heterocycles. The van der Waals surface area contributed by atoms with Crippen molar-refractivity contribution in [3.8, 4) is 0 Å². The molecule has 2 nitrogen and oxygen atoms in total. The minimum atomic E-state index is 0. The first-order valence-corrected chi connectivity index (χ1v) is 8.93. The zero-order valence-electron chi connectivity index (χ0n) is 14.8. The molecule has 0 heterocycles. The molecule has 0 saturated carbocycles. The monoisotopic (exact) mass is 287 g/mol. The van der Waals surface area contributed by atoms with Crippen LogP contribution in [0.3, 0.4) is 0 Å². The molecule has 0 fully saturated rings. The van der Waals surface area contributed by atoms with Crippen LogP contribution in [-0.2, 0) is 4.74 Å². The van der Waals surface area contributed by atoms with Gasteiger partial charge in [-0.05, 0) is 25.7 Å². The molecule has 0 aliphatic heterocycles. The van der Waals surface area contributed by atoms with Crippen LogP contribution in [0.25, 0.3) is 0 Å². The van der Waals surface area contributed by atoms with Crippen LogP contribution in [0, 0.1) is 0 Å². The van der Waals surface area contributed by atoms with Crippen LogP contribution in [0.2, 0.25) is 0 Å². The highest BCUT2D eigenvalue weighted by atomic mass is 16.5. The minimum Gasteiger partial charge on any atom is -0.375 e. The summed E-state index contributed by atoms with van der Waals surface area (Å²) in [6.45, 7) is 9.12. The van der Waals surface area contributed by atoms with Crippen LogP contribution in [0.4, 0.5) is 0 Å². The summed E-state index contributed by atoms with van der Waals surface area (Å²) in [6.07, 6.45) is 16.6. The Labute approximate surface area is 128 Å². The van der Waals surface area contributed by atoms with Gasteiger partial charge in [0.1, 0.15) is 0 Å². The summed E-state index contributed by atoms with van der Waals surface area (Å²) >= 11 is 0. The van der Waals surface area contributed by atoms with E-state index < -0.39 is 0 Å². The second-order valence-corrected chi connectivity index (χ2v) is 5.95. The van der Waals surface area contributed by atoms with Crippen LogP contribution in [0.1, 0.15) is 105 Å². The highest BCUT2D eigenvalue weighted by molar-refractivity contribution is 4.65. The van der Waals surface area contributed by atoms with Crippen LogP contribution in [-0.4, -0.2) is 12.2 Å². The van der Waals surface area contributed by atoms with E-state index in [1.165, 1.54) is 77.0 Å².